The molecule has 2 rings (SSSR count). The Morgan fingerprint density at radius 3 is 2.75 bits per heavy atom. The summed E-state index contributed by atoms with van der Waals surface area (Å²) in [5.74, 6) is 0.848. The lowest BCUT2D eigenvalue weighted by Crippen LogP contribution is -2.44. The van der Waals surface area contributed by atoms with E-state index < -0.39 is 15.3 Å². The molecule has 0 saturated carbocycles. The van der Waals surface area contributed by atoms with Crippen LogP contribution in [0.5, 0.6) is 0 Å². The van der Waals surface area contributed by atoms with Crippen LogP contribution in [0.4, 0.5) is 5.82 Å². The fourth-order valence-corrected chi connectivity index (χ4v) is 3.67. The molecule has 1 fully saturated rings. The summed E-state index contributed by atoms with van der Waals surface area (Å²) < 4.78 is 24.0. The Hall–Kier alpha value is -1.63. The average Bonchev–Trinajstić information content (AvgIpc) is 2.51. The van der Waals surface area contributed by atoms with Gasteiger partial charge in [-0.3, -0.25) is 4.79 Å². The normalized spacial score (nSPS) is 19.2. The second-order valence-electron chi connectivity index (χ2n) is 7.51. The minimum Gasteiger partial charge on any atom is -0.355 e. The van der Waals surface area contributed by atoms with Gasteiger partial charge in [-0.05, 0) is 30.9 Å². The Kier molecular flexibility index (Phi) is 5.52. The smallest absolute Gasteiger partial charge is 0.225 e. The zero-order valence-electron chi connectivity index (χ0n) is 14.9. The first-order valence-electron chi connectivity index (χ1n) is 8.27. The van der Waals surface area contributed by atoms with Gasteiger partial charge in [0.05, 0.1) is 0 Å². The van der Waals surface area contributed by atoms with Crippen molar-refractivity contribution in [2.24, 2.45) is 11.3 Å². The van der Waals surface area contributed by atoms with Crippen LogP contribution in [0.25, 0.3) is 0 Å². The van der Waals surface area contributed by atoms with Crippen molar-refractivity contribution in [3.05, 3.63) is 18.3 Å². The number of carbonyl (C=O) groups excluding carboxylic acids is 1. The lowest BCUT2D eigenvalue weighted by Gasteiger charge is -2.34. The largest absolute Gasteiger partial charge is 0.355 e. The van der Waals surface area contributed by atoms with Crippen molar-refractivity contribution in [2.75, 3.05) is 30.8 Å². The monoisotopic (exact) mass is 353 g/mol. The number of hydrogen-bond acceptors (Lipinski definition) is 5. The van der Waals surface area contributed by atoms with Crippen LogP contribution in [0.2, 0.25) is 0 Å². The third-order valence-corrected chi connectivity index (χ3v) is 5.32. The predicted molar refractivity (Wildman–Crippen MR) is 94.7 cm³/mol. The van der Waals surface area contributed by atoms with Crippen molar-refractivity contribution in [3.8, 4) is 0 Å². The minimum atomic E-state index is -3.32. The van der Waals surface area contributed by atoms with Gasteiger partial charge in [0.25, 0.3) is 0 Å². The number of pyridine rings is 1. The molecule has 1 aromatic heterocycles. The quantitative estimate of drug-likeness (QED) is 0.894. The molecule has 0 aromatic carbocycles. The van der Waals surface area contributed by atoms with Crippen LogP contribution in [0, 0.1) is 11.3 Å². The Bertz CT molecular complexity index is 695. The molecule has 1 amide bonds. The molecule has 0 bridgehead atoms. The van der Waals surface area contributed by atoms with Gasteiger partial charge in [-0.2, -0.15) is 0 Å². The Labute approximate surface area is 144 Å². The van der Waals surface area contributed by atoms with Crippen molar-refractivity contribution in [1.29, 1.82) is 0 Å². The number of nitrogens with one attached hydrogen (secondary N) is 1. The topological polar surface area (TPSA) is 79.4 Å². The Morgan fingerprint density at radius 2 is 2.12 bits per heavy atom. The lowest BCUT2D eigenvalue weighted by atomic mass is 9.94. The molecule has 1 N–H and O–H groups in total. The highest BCUT2D eigenvalue weighted by Gasteiger charge is 2.27. The molecule has 1 aliphatic rings. The average molecular weight is 353 g/mol. The summed E-state index contributed by atoms with van der Waals surface area (Å²) in [7, 11) is -3.32. The van der Waals surface area contributed by atoms with Crippen molar-refractivity contribution in [3.63, 3.8) is 0 Å². The first-order valence-corrected chi connectivity index (χ1v) is 10.2. The SMILES string of the molecule is CC(C)(C)C(=O)NCC1CCCN(c2ncccc2S(C)(=O)=O)C1. The molecule has 1 aliphatic heterocycles. The van der Waals surface area contributed by atoms with Crippen LogP contribution in [0.1, 0.15) is 33.6 Å². The molecule has 6 nitrogen and oxygen atoms in total. The molecule has 7 heteroatoms. The van der Waals surface area contributed by atoms with E-state index in [0.29, 0.717) is 24.8 Å². The van der Waals surface area contributed by atoms with Crippen LogP contribution in [0.3, 0.4) is 0 Å². The van der Waals surface area contributed by atoms with Crippen molar-refractivity contribution in [1.82, 2.24) is 10.3 Å². The minimum absolute atomic E-state index is 0.0364. The number of amides is 1. The molecular weight excluding hydrogens is 326 g/mol. The van der Waals surface area contributed by atoms with E-state index in [1.807, 2.05) is 25.7 Å². The van der Waals surface area contributed by atoms with Crippen LogP contribution < -0.4 is 10.2 Å². The number of anilines is 1. The highest BCUT2D eigenvalue weighted by molar-refractivity contribution is 7.90. The molecule has 1 atom stereocenters. The molecule has 2 heterocycles. The van der Waals surface area contributed by atoms with Crippen molar-refractivity contribution < 1.29 is 13.2 Å². The van der Waals surface area contributed by atoms with E-state index >= 15 is 0 Å². The zero-order chi connectivity index (χ0) is 18.0. The van der Waals surface area contributed by atoms with E-state index in [9.17, 15) is 13.2 Å². The molecule has 1 unspecified atom stereocenters. The Balaban J connectivity index is 2.08. The molecule has 0 aliphatic carbocycles. The second kappa shape index (κ2) is 7.09. The third-order valence-electron chi connectivity index (χ3n) is 4.20. The molecule has 0 radical (unpaired) electrons. The second-order valence-corrected chi connectivity index (χ2v) is 9.50. The number of sulfone groups is 1. The van der Waals surface area contributed by atoms with Gasteiger partial charge in [0.2, 0.25) is 5.91 Å². The molecule has 0 spiro atoms. The summed E-state index contributed by atoms with van der Waals surface area (Å²) in [5.41, 5.74) is -0.404. The van der Waals surface area contributed by atoms with E-state index in [0.717, 1.165) is 19.4 Å². The van der Waals surface area contributed by atoms with Gasteiger partial charge in [0.1, 0.15) is 10.7 Å². The highest BCUT2D eigenvalue weighted by Crippen LogP contribution is 2.27. The van der Waals surface area contributed by atoms with Crippen molar-refractivity contribution >= 4 is 21.6 Å². The number of aromatic nitrogens is 1. The summed E-state index contributed by atoms with van der Waals surface area (Å²) in [6.07, 6.45) is 4.80. The predicted octanol–water partition coefficient (Wildman–Crippen LogP) is 1.86. The van der Waals surface area contributed by atoms with Crippen LogP contribution in [-0.2, 0) is 14.6 Å². The standard InChI is InChI=1S/C17H27N3O3S/c1-17(2,3)16(21)19-11-13-7-6-10-20(12-13)15-14(24(4,22)23)8-5-9-18-15/h5,8-9,13H,6-7,10-12H2,1-4H3,(H,19,21). The van der Waals surface area contributed by atoms with Crippen LogP contribution >= 0.6 is 0 Å². The van der Waals surface area contributed by atoms with Gasteiger partial charge in [-0.25, -0.2) is 13.4 Å². The summed E-state index contributed by atoms with van der Waals surface area (Å²) in [6.45, 7) is 7.76. The molecule has 1 aromatic rings. The van der Waals surface area contributed by atoms with E-state index in [4.69, 9.17) is 0 Å². The zero-order valence-corrected chi connectivity index (χ0v) is 15.7. The number of rotatable bonds is 4. The molecular formula is C17H27N3O3S. The maximum Gasteiger partial charge on any atom is 0.225 e. The fourth-order valence-electron chi connectivity index (χ4n) is 2.84. The molecule has 1 saturated heterocycles. The van der Waals surface area contributed by atoms with Crippen molar-refractivity contribution in [2.45, 2.75) is 38.5 Å². The number of piperidine rings is 1. The molecule has 24 heavy (non-hydrogen) atoms. The van der Waals surface area contributed by atoms with Gasteiger partial charge >= 0.3 is 0 Å². The van der Waals surface area contributed by atoms with Gasteiger partial charge in [0, 0.05) is 37.5 Å². The highest BCUT2D eigenvalue weighted by atomic mass is 32.2. The van der Waals surface area contributed by atoms with Gasteiger partial charge in [0.15, 0.2) is 9.84 Å². The summed E-state index contributed by atoms with van der Waals surface area (Å²) in [6, 6.07) is 3.24. The number of nitrogens with zero attached hydrogens (tertiary/aromatic N) is 2. The first kappa shape index (κ1) is 18.7. The third kappa shape index (κ3) is 4.69. The maximum atomic E-state index is 12.0. The van der Waals surface area contributed by atoms with E-state index in [-0.39, 0.29) is 10.8 Å². The van der Waals surface area contributed by atoms with Gasteiger partial charge < -0.3 is 10.2 Å². The number of hydrogen-bond donors (Lipinski definition) is 1. The van der Waals surface area contributed by atoms with Crippen LogP contribution in [-0.4, -0.2) is 45.2 Å². The summed E-state index contributed by atoms with van der Waals surface area (Å²) in [5, 5.41) is 3.00. The van der Waals surface area contributed by atoms with E-state index in [1.54, 1.807) is 18.3 Å². The summed E-state index contributed by atoms with van der Waals surface area (Å²) >= 11 is 0. The first-order chi connectivity index (χ1) is 11.1. The van der Waals surface area contributed by atoms with Gasteiger partial charge in [-0.1, -0.05) is 20.8 Å². The number of carbonyl (C=O) groups is 1. The Morgan fingerprint density at radius 1 is 1.42 bits per heavy atom. The maximum absolute atomic E-state index is 12.0. The van der Waals surface area contributed by atoms with Crippen LogP contribution in [0.15, 0.2) is 23.2 Å². The summed E-state index contributed by atoms with van der Waals surface area (Å²) in [4.78, 5) is 18.6. The fraction of sp³-hybridized carbons (Fsp3) is 0.647. The van der Waals surface area contributed by atoms with Gasteiger partial charge in [-0.15, -0.1) is 0 Å². The van der Waals surface area contributed by atoms with E-state index in [2.05, 4.69) is 10.3 Å². The van der Waals surface area contributed by atoms with E-state index in [1.165, 1.54) is 6.26 Å². The molecule has 134 valence electrons. The lowest BCUT2D eigenvalue weighted by molar-refractivity contribution is -0.128.